The smallest absolute Gasteiger partial charge is 0.294 e. The van der Waals surface area contributed by atoms with Gasteiger partial charge in [-0.1, -0.05) is 12.1 Å². The third kappa shape index (κ3) is 4.66. The molecule has 1 saturated heterocycles. The Morgan fingerprint density at radius 2 is 1.86 bits per heavy atom. The fourth-order valence-electron chi connectivity index (χ4n) is 3.65. The lowest BCUT2D eigenvalue weighted by Crippen LogP contribution is -2.36. The fraction of sp³-hybridized carbons (Fsp3) is 0.125. The maximum absolute atomic E-state index is 12.8. The minimum atomic E-state index is -0.647. The van der Waals surface area contributed by atoms with Crippen molar-refractivity contribution in [1.29, 1.82) is 0 Å². The summed E-state index contributed by atoms with van der Waals surface area (Å²) in [4.78, 5) is 49.4. The molecule has 1 N–H and O–H groups in total. The highest BCUT2D eigenvalue weighted by molar-refractivity contribution is 8.18. The van der Waals surface area contributed by atoms with E-state index in [1.807, 2.05) is 0 Å². The number of carbonyl (C=O) groups excluding carboxylic acids is 3. The molecular formula is C24H17N3O8S. The SMILES string of the molecule is O=C(CN1C(=O)S/C(=C/c2ccc(-c3ccccc3[N+](=O)[O-])o2)C1=O)Nc1ccc2c(c1)OCCO2. The largest absolute Gasteiger partial charge is 0.486 e. The van der Waals surface area contributed by atoms with Crippen LogP contribution in [0.3, 0.4) is 0 Å². The molecule has 3 heterocycles. The highest BCUT2D eigenvalue weighted by atomic mass is 32.2. The molecule has 0 unspecified atom stereocenters. The summed E-state index contributed by atoms with van der Waals surface area (Å²) in [6.07, 6.45) is 1.36. The molecule has 1 aromatic heterocycles. The van der Waals surface area contributed by atoms with Gasteiger partial charge in [-0.3, -0.25) is 29.4 Å². The van der Waals surface area contributed by atoms with Gasteiger partial charge in [0.2, 0.25) is 5.91 Å². The van der Waals surface area contributed by atoms with Crippen molar-refractivity contribution in [3.8, 4) is 22.8 Å². The van der Waals surface area contributed by atoms with E-state index < -0.39 is 28.5 Å². The summed E-state index contributed by atoms with van der Waals surface area (Å²) in [6, 6.07) is 14.1. The second-order valence-corrected chi connectivity index (χ2v) is 8.64. The Hall–Kier alpha value is -4.58. The second kappa shape index (κ2) is 9.58. The summed E-state index contributed by atoms with van der Waals surface area (Å²) in [6.45, 7) is 0.361. The van der Waals surface area contributed by atoms with Gasteiger partial charge in [-0.15, -0.1) is 0 Å². The van der Waals surface area contributed by atoms with Gasteiger partial charge in [0.1, 0.15) is 31.3 Å². The average Bonchev–Trinajstić information content (AvgIpc) is 3.44. The Labute approximate surface area is 207 Å². The van der Waals surface area contributed by atoms with Crippen molar-refractivity contribution in [3.63, 3.8) is 0 Å². The van der Waals surface area contributed by atoms with Crippen LogP contribution < -0.4 is 14.8 Å². The number of hydrogen-bond acceptors (Lipinski definition) is 9. The number of ether oxygens (including phenoxy) is 2. The van der Waals surface area contributed by atoms with Crippen LogP contribution in [-0.4, -0.2) is 46.6 Å². The van der Waals surface area contributed by atoms with E-state index >= 15 is 0 Å². The first-order valence-electron chi connectivity index (χ1n) is 10.7. The molecule has 0 spiro atoms. The van der Waals surface area contributed by atoms with Crippen LogP contribution in [0.2, 0.25) is 0 Å². The van der Waals surface area contributed by atoms with Crippen molar-refractivity contribution in [3.05, 3.63) is 75.4 Å². The molecule has 0 aliphatic carbocycles. The Bertz CT molecular complexity index is 1430. The summed E-state index contributed by atoms with van der Waals surface area (Å²) < 4.78 is 16.6. The minimum Gasteiger partial charge on any atom is -0.486 e. The van der Waals surface area contributed by atoms with Crippen molar-refractivity contribution in [1.82, 2.24) is 4.90 Å². The van der Waals surface area contributed by atoms with Crippen molar-refractivity contribution in [2.75, 3.05) is 25.1 Å². The molecule has 5 rings (SSSR count). The molecule has 0 radical (unpaired) electrons. The van der Waals surface area contributed by atoms with E-state index in [-0.39, 0.29) is 27.7 Å². The number of fused-ring (bicyclic) bond motifs is 1. The summed E-state index contributed by atoms with van der Waals surface area (Å²) in [7, 11) is 0. The predicted molar refractivity (Wildman–Crippen MR) is 130 cm³/mol. The number of benzene rings is 2. The molecular weight excluding hydrogens is 490 g/mol. The number of thioether (sulfide) groups is 1. The Morgan fingerprint density at radius 3 is 2.67 bits per heavy atom. The molecule has 0 atom stereocenters. The number of anilines is 1. The lowest BCUT2D eigenvalue weighted by molar-refractivity contribution is -0.384. The van der Waals surface area contributed by atoms with Crippen LogP contribution in [0, 0.1) is 10.1 Å². The number of nitrogens with zero attached hydrogens (tertiary/aromatic N) is 2. The molecule has 2 aromatic carbocycles. The van der Waals surface area contributed by atoms with Crippen LogP contribution in [-0.2, 0) is 9.59 Å². The van der Waals surface area contributed by atoms with E-state index in [1.165, 1.54) is 18.2 Å². The molecule has 12 heteroatoms. The number of rotatable bonds is 6. The predicted octanol–water partition coefficient (Wildman–Crippen LogP) is 4.30. The van der Waals surface area contributed by atoms with Gasteiger partial charge in [0.05, 0.1) is 15.4 Å². The molecule has 0 saturated carbocycles. The number of nitro benzene ring substituents is 1. The number of hydrogen-bond donors (Lipinski definition) is 1. The molecule has 3 aromatic rings. The van der Waals surface area contributed by atoms with Crippen molar-refractivity contribution < 1.29 is 33.2 Å². The average molecular weight is 507 g/mol. The van der Waals surface area contributed by atoms with Gasteiger partial charge in [-0.05, 0) is 42.1 Å². The van der Waals surface area contributed by atoms with Crippen LogP contribution in [0.5, 0.6) is 11.5 Å². The molecule has 1 fully saturated rings. The summed E-state index contributed by atoms with van der Waals surface area (Å²) >= 11 is 0.670. The van der Waals surface area contributed by atoms with Crippen molar-refractivity contribution in [2.24, 2.45) is 0 Å². The van der Waals surface area contributed by atoms with Gasteiger partial charge in [-0.25, -0.2) is 0 Å². The third-order valence-corrected chi connectivity index (χ3v) is 6.17. The van der Waals surface area contributed by atoms with Gasteiger partial charge in [-0.2, -0.15) is 0 Å². The van der Waals surface area contributed by atoms with Gasteiger partial charge in [0.15, 0.2) is 11.5 Å². The van der Waals surface area contributed by atoms with Crippen LogP contribution >= 0.6 is 11.8 Å². The zero-order valence-electron chi connectivity index (χ0n) is 18.5. The molecule has 3 amide bonds. The van der Waals surface area contributed by atoms with E-state index in [0.29, 0.717) is 42.2 Å². The fourth-order valence-corrected chi connectivity index (χ4v) is 4.47. The minimum absolute atomic E-state index is 0.0654. The van der Waals surface area contributed by atoms with Gasteiger partial charge < -0.3 is 19.2 Å². The number of furan rings is 1. The van der Waals surface area contributed by atoms with Crippen molar-refractivity contribution in [2.45, 2.75) is 0 Å². The number of nitrogens with one attached hydrogen (secondary N) is 1. The lowest BCUT2D eigenvalue weighted by atomic mass is 10.1. The summed E-state index contributed by atoms with van der Waals surface area (Å²) in [5, 5.41) is 13.3. The topological polar surface area (TPSA) is 141 Å². The number of nitro groups is 1. The highest BCUT2D eigenvalue weighted by Crippen LogP contribution is 2.36. The number of amides is 3. The van der Waals surface area contributed by atoms with Crippen LogP contribution in [0.25, 0.3) is 17.4 Å². The maximum Gasteiger partial charge on any atom is 0.294 e. The number of imide groups is 1. The maximum atomic E-state index is 12.8. The molecule has 11 nitrogen and oxygen atoms in total. The van der Waals surface area contributed by atoms with E-state index in [4.69, 9.17) is 13.9 Å². The molecule has 2 aliphatic rings. The molecule has 182 valence electrons. The quantitative estimate of drug-likeness (QED) is 0.294. The van der Waals surface area contributed by atoms with Gasteiger partial charge in [0, 0.05) is 23.9 Å². The van der Waals surface area contributed by atoms with Crippen LogP contribution in [0.15, 0.2) is 63.9 Å². The van der Waals surface area contributed by atoms with Crippen LogP contribution in [0.1, 0.15) is 5.76 Å². The van der Waals surface area contributed by atoms with E-state index in [9.17, 15) is 24.5 Å². The first kappa shape index (κ1) is 23.2. The molecule has 2 aliphatic heterocycles. The Morgan fingerprint density at radius 1 is 1.08 bits per heavy atom. The Balaban J connectivity index is 1.27. The van der Waals surface area contributed by atoms with Crippen LogP contribution in [0.4, 0.5) is 16.2 Å². The molecule has 0 bridgehead atoms. The normalized spacial score (nSPS) is 15.9. The number of carbonyl (C=O) groups is 3. The van der Waals surface area contributed by atoms with E-state index in [2.05, 4.69) is 5.32 Å². The lowest BCUT2D eigenvalue weighted by Gasteiger charge is -2.19. The Kier molecular flexibility index (Phi) is 6.17. The second-order valence-electron chi connectivity index (χ2n) is 7.65. The highest BCUT2D eigenvalue weighted by Gasteiger charge is 2.36. The standard InChI is InChI=1S/C24H17N3O8S/c28-22(25-14-5-7-19-20(11-14)34-10-9-33-19)13-26-23(29)21(36-24(26)30)12-15-6-8-18(35-15)16-3-1-2-4-17(16)27(31)32/h1-8,11-12H,9-10,13H2,(H,25,28)/b21-12+. The monoisotopic (exact) mass is 507 g/mol. The first-order chi connectivity index (χ1) is 17.4. The summed E-state index contributed by atoms with van der Waals surface area (Å²) in [5.74, 6) is 0.323. The number of para-hydroxylation sites is 1. The van der Waals surface area contributed by atoms with E-state index in [1.54, 1.807) is 42.5 Å². The van der Waals surface area contributed by atoms with Gasteiger partial charge >= 0.3 is 0 Å². The zero-order chi connectivity index (χ0) is 25.2. The van der Waals surface area contributed by atoms with Gasteiger partial charge in [0.25, 0.3) is 16.8 Å². The third-order valence-electron chi connectivity index (χ3n) is 5.27. The molecule has 36 heavy (non-hydrogen) atoms. The van der Waals surface area contributed by atoms with E-state index in [0.717, 1.165) is 4.90 Å². The first-order valence-corrected chi connectivity index (χ1v) is 11.5. The summed E-state index contributed by atoms with van der Waals surface area (Å²) in [5.41, 5.74) is 0.596. The zero-order valence-corrected chi connectivity index (χ0v) is 19.3. The van der Waals surface area contributed by atoms with Crippen molar-refractivity contribution >= 4 is 46.3 Å².